The van der Waals surface area contributed by atoms with Gasteiger partial charge in [0.05, 0.1) is 11.4 Å². The predicted octanol–water partition coefficient (Wildman–Crippen LogP) is 3.68. The molecule has 1 saturated carbocycles. The van der Waals surface area contributed by atoms with Gasteiger partial charge in [-0.05, 0) is 49.3 Å². The van der Waals surface area contributed by atoms with E-state index in [4.69, 9.17) is 4.99 Å². The molecule has 1 aromatic carbocycles. The van der Waals surface area contributed by atoms with Gasteiger partial charge >= 0.3 is 0 Å². The Morgan fingerprint density at radius 2 is 1.79 bits per heavy atom. The van der Waals surface area contributed by atoms with Crippen molar-refractivity contribution in [2.75, 3.05) is 33.7 Å². The summed E-state index contributed by atoms with van der Waals surface area (Å²) in [6, 6.07) is 7.05. The van der Waals surface area contributed by atoms with Crippen LogP contribution in [0, 0.1) is 5.41 Å². The molecule has 1 N–H and O–H groups in total. The Balaban J connectivity index is 0.00000300. The van der Waals surface area contributed by atoms with Gasteiger partial charge in [-0.3, -0.25) is 0 Å². The van der Waals surface area contributed by atoms with E-state index in [9.17, 15) is 8.42 Å². The number of likely N-dealkylation sites (tertiary alicyclic amines) is 1. The zero-order valence-corrected chi connectivity index (χ0v) is 21.0. The first-order valence-corrected chi connectivity index (χ1v) is 11.9. The first kappa shape index (κ1) is 24.4. The maximum atomic E-state index is 12.2. The first-order valence-electron chi connectivity index (χ1n) is 10.4. The number of benzene rings is 1. The highest BCUT2D eigenvalue weighted by atomic mass is 127. The second-order valence-corrected chi connectivity index (χ2v) is 10.5. The molecule has 1 spiro atoms. The molecule has 2 aliphatic rings. The Bertz CT molecular complexity index is 787. The smallest absolute Gasteiger partial charge is 0.242 e. The summed E-state index contributed by atoms with van der Waals surface area (Å²) in [5.41, 5.74) is 1.51. The van der Waals surface area contributed by atoms with Crippen LogP contribution in [0.3, 0.4) is 0 Å². The van der Waals surface area contributed by atoms with Crippen LogP contribution >= 0.6 is 24.0 Å². The summed E-state index contributed by atoms with van der Waals surface area (Å²) in [4.78, 5) is 7.57. The summed E-state index contributed by atoms with van der Waals surface area (Å²) in [6.07, 6.45) is 8.09. The Labute approximate surface area is 193 Å². The Morgan fingerprint density at radius 1 is 1.14 bits per heavy atom. The maximum Gasteiger partial charge on any atom is 0.242 e. The zero-order chi connectivity index (χ0) is 20.2. The van der Waals surface area contributed by atoms with E-state index < -0.39 is 10.0 Å². The van der Waals surface area contributed by atoms with Gasteiger partial charge in [0.2, 0.25) is 10.0 Å². The van der Waals surface area contributed by atoms with Crippen molar-refractivity contribution in [2.24, 2.45) is 10.4 Å². The fourth-order valence-electron chi connectivity index (χ4n) is 4.40. The lowest BCUT2D eigenvalue weighted by atomic mass is 9.73. The van der Waals surface area contributed by atoms with Crippen molar-refractivity contribution in [1.29, 1.82) is 0 Å². The molecular weight excluding hydrogens is 499 g/mol. The molecule has 8 heteroatoms. The van der Waals surface area contributed by atoms with Gasteiger partial charge < -0.3 is 10.2 Å². The van der Waals surface area contributed by atoms with Gasteiger partial charge in [0.25, 0.3) is 0 Å². The number of nitrogens with zero attached hydrogens (tertiary/aromatic N) is 3. The molecule has 0 radical (unpaired) electrons. The number of aliphatic imine (C=N–C) groups is 1. The van der Waals surface area contributed by atoms with E-state index in [1.165, 1.54) is 42.8 Å². The van der Waals surface area contributed by atoms with Crippen molar-refractivity contribution in [1.82, 2.24) is 14.5 Å². The Kier molecular flexibility index (Phi) is 8.78. The second-order valence-electron chi connectivity index (χ2n) is 8.33. The van der Waals surface area contributed by atoms with Crippen LogP contribution in [-0.2, 0) is 16.6 Å². The molecule has 29 heavy (non-hydrogen) atoms. The standard InChI is InChI=1S/C21H34N4O2S.HI/c1-4-22-20(25-15-14-21(17-25)12-6-5-7-13-21)23-16-18-8-10-19(11-9-18)28(26,27)24(2)3;/h8-11H,4-7,12-17H2,1-3H3,(H,22,23);1H. The first-order chi connectivity index (χ1) is 13.4. The van der Waals surface area contributed by atoms with Gasteiger partial charge in [-0.15, -0.1) is 24.0 Å². The molecule has 6 nitrogen and oxygen atoms in total. The molecular formula is C21H35IN4O2S. The molecule has 2 fully saturated rings. The van der Waals surface area contributed by atoms with Crippen LogP contribution in [0.2, 0.25) is 0 Å². The third-order valence-electron chi connectivity index (χ3n) is 6.10. The van der Waals surface area contributed by atoms with Gasteiger partial charge in [0.1, 0.15) is 0 Å². The van der Waals surface area contributed by atoms with Crippen LogP contribution in [0.4, 0.5) is 0 Å². The lowest BCUT2D eigenvalue weighted by molar-refractivity contribution is 0.203. The Hall–Kier alpha value is -0.870. The predicted molar refractivity (Wildman–Crippen MR) is 129 cm³/mol. The topological polar surface area (TPSA) is 65.0 Å². The van der Waals surface area contributed by atoms with Crippen molar-refractivity contribution in [3.05, 3.63) is 29.8 Å². The summed E-state index contributed by atoms with van der Waals surface area (Å²) in [5.74, 6) is 0.981. The number of nitrogens with one attached hydrogen (secondary N) is 1. The van der Waals surface area contributed by atoms with Crippen LogP contribution in [0.5, 0.6) is 0 Å². The minimum atomic E-state index is -3.39. The second kappa shape index (κ2) is 10.4. The summed E-state index contributed by atoms with van der Waals surface area (Å²) >= 11 is 0. The van der Waals surface area contributed by atoms with E-state index in [0.717, 1.165) is 31.2 Å². The molecule has 1 saturated heterocycles. The van der Waals surface area contributed by atoms with E-state index >= 15 is 0 Å². The van der Waals surface area contributed by atoms with Gasteiger partial charge in [-0.25, -0.2) is 17.7 Å². The van der Waals surface area contributed by atoms with Crippen molar-refractivity contribution in [3.8, 4) is 0 Å². The fraction of sp³-hybridized carbons (Fsp3) is 0.667. The normalized spacial score (nSPS) is 19.4. The molecule has 3 rings (SSSR count). The van der Waals surface area contributed by atoms with E-state index in [-0.39, 0.29) is 24.0 Å². The van der Waals surface area contributed by atoms with Crippen molar-refractivity contribution < 1.29 is 8.42 Å². The molecule has 1 aliphatic carbocycles. The number of guanidine groups is 1. The van der Waals surface area contributed by atoms with Crippen LogP contribution < -0.4 is 5.32 Å². The number of sulfonamides is 1. The largest absolute Gasteiger partial charge is 0.357 e. The van der Waals surface area contributed by atoms with Crippen LogP contribution in [0.15, 0.2) is 34.2 Å². The lowest BCUT2D eigenvalue weighted by Gasteiger charge is -2.33. The van der Waals surface area contributed by atoms with Crippen molar-refractivity contribution in [3.63, 3.8) is 0 Å². The third kappa shape index (κ3) is 5.85. The molecule has 0 aromatic heterocycles. The SMILES string of the molecule is CCNC(=NCc1ccc(S(=O)(=O)N(C)C)cc1)N1CCC2(CCCCC2)C1.I. The fourth-order valence-corrected chi connectivity index (χ4v) is 5.30. The van der Waals surface area contributed by atoms with E-state index in [0.29, 0.717) is 16.9 Å². The molecule has 0 atom stereocenters. The monoisotopic (exact) mass is 534 g/mol. The molecule has 0 amide bonds. The van der Waals surface area contributed by atoms with E-state index in [1.807, 2.05) is 12.1 Å². The van der Waals surface area contributed by atoms with Crippen LogP contribution in [0.1, 0.15) is 51.0 Å². The van der Waals surface area contributed by atoms with Crippen LogP contribution in [0.25, 0.3) is 0 Å². The van der Waals surface area contributed by atoms with Gasteiger partial charge in [-0.1, -0.05) is 31.4 Å². The van der Waals surface area contributed by atoms with Gasteiger partial charge in [0.15, 0.2) is 5.96 Å². The maximum absolute atomic E-state index is 12.2. The summed E-state index contributed by atoms with van der Waals surface area (Å²) < 4.78 is 25.6. The highest BCUT2D eigenvalue weighted by Gasteiger charge is 2.39. The number of rotatable bonds is 5. The molecule has 164 valence electrons. The summed E-state index contributed by atoms with van der Waals surface area (Å²) in [6.45, 7) is 5.68. The Morgan fingerprint density at radius 3 is 2.38 bits per heavy atom. The average molecular weight is 535 g/mol. The molecule has 0 unspecified atom stereocenters. The number of hydrogen-bond donors (Lipinski definition) is 1. The van der Waals surface area contributed by atoms with E-state index in [1.54, 1.807) is 26.2 Å². The van der Waals surface area contributed by atoms with Crippen molar-refractivity contribution in [2.45, 2.75) is 56.9 Å². The highest BCUT2D eigenvalue weighted by molar-refractivity contribution is 14.0. The summed E-state index contributed by atoms with van der Waals surface area (Å²) in [7, 11) is -0.292. The lowest BCUT2D eigenvalue weighted by Crippen LogP contribution is -2.41. The molecule has 0 bridgehead atoms. The molecule has 1 aromatic rings. The summed E-state index contributed by atoms with van der Waals surface area (Å²) in [5, 5.41) is 3.44. The molecule has 1 heterocycles. The molecule has 1 aliphatic heterocycles. The number of hydrogen-bond acceptors (Lipinski definition) is 3. The average Bonchev–Trinajstić information content (AvgIpc) is 3.09. The zero-order valence-electron chi connectivity index (χ0n) is 17.9. The minimum Gasteiger partial charge on any atom is -0.357 e. The van der Waals surface area contributed by atoms with Crippen molar-refractivity contribution >= 4 is 40.0 Å². The highest BCUT2D eigenvalue weighted by Crippen LogP contribution is 2.43. The van der Waals surface area contributed by atoms with E-state index in [2.05, 4.69) is 17.1 Å². The minimum absolute atomic E-state index is 0. The van der Waals surface area contributed by atoms with Crippen LogP contribution in [-0.4, -0.2) is 57.3 Å². The van der Waals surface area contributed by atoms with Gasteiger partial charge in [-0.2, -0.15) is 0 Å². The quantitative estimate of drug-likeness (QED) is 0.356. The van der Waals surface area contributed by atoms with Gasteiger partial charge in [0, 0.05) is 33.7 Å². The number of halogens is 1. The third-order valence-corrected chi connectivity index (χ3v) is 7.93.